The van der Waals surface area contributed by atoms with Crippen LogP contribution in [0.25, 0.3) is 16.9 Å². The molecule has 0 N–H and O–H groups in total. The molecule has 0 saturated carbocycles. The number of fused-ring (bicyclic) bond motifs is 1. The molecule has 0 radical (unpaired) electrons. The highest BCUT2D eigenvalue weighted by Crippen LogP contribution is 2.31. The Kier molecular flexibility index (Phi) is 3.74. The Morgan fingerprint density at radius 3 is 2.35 bits per heavy atom. The van der Waals surface area contributed by atoms with Gasteiger partial charge in [-0.15, -0.1) is 0 Å². The highest BCUT2D eigenvalue weighted by molar-refractivity contribution is 6.30. The number of halogens is 1. The van der Waals surface area contributed by atoms with Crippen molar-refractivity contribution in [2.24, 2.45) is 0 Å². The van der Waals surface area contributed by atoms with E-state index < -0.39 is 0 Å². The maximum atomic E-state index is 6.04. The molecule has 0 amide bonds. The average Bonchev–Trinajstić information content (AvgIpc) is 2.97. The maximum absolute atomic E-state index is 6.04. The van der Waals surface area contributed by atoms with Crippen LogP contribution in [-0.4, -0.2) is 4.57 Å². The zero-order valence-electron chi connectivity index (χ0n) is 13.3. The van der Waals surface area contributed by atoms with E-state index in [2.05, 4.69) is 54.0 Å². The predicted molar refractivity (Wildman–Crippen MR) is 97.6 cm³/mol. The molecule has 0 aliphatic heterocycles. The highest BCUT2D eigenvalue weighted by atomic mass is 35.5. The van der Waals surface area contributed by atoms with Crippen molar-refractivity contribution in [1.29, 1.82) is 0 Å². The summed E-state index contributed by atoms with van der Waals surface area (Å²) >= 11 is 6.04. The predicted octanol–water partition coefficient (Wildman–Crippen LogP) is 5.98. The molecule has 4 rings (SSSR count). The Bertz CT molecular complexity index is 843. The second kappa shape index (κ2) is 5.90. The first-order valence-corrected chi connectivity index (χ1v) is 8.66. The molecule has 0 fully saturated rings. The third-order valence-electron chi connectivity index (χ3n) is 4.81. The second-order valence-corrected chi connectivity index (χ2v) is 6.80. The first-order chi connectivity index (χ1) is 11.2. The van der Waals surface area contributed by atoms with Gasteiger partial charge in [-0.25, -0.2) is 0 Å². The van der Waals surface area contributed by atoms with Crippen LogP contribution < -0.4 is 0 Å². The van der Waals surface area contributed by atoms with Crippen molar-refractivity contribution >= 4 is 11.6 Å². The summed E-state index contributed by atoms with van der Waals surface area (Å²) in [5.41, 5.74) is 7.99. The van der Waals surface area contributed by atoms with Gasteiger partial charge in [0.1, 0.15) is 0 Å². The van der Waals surface area contributed by atoms with E-state index in [0.29, 0.717) is 0 Å². The zero-order valence-corrected chi connectivity index (χ0v) is 14.1. The summed E-state index contributed by atoms with van der Waals surface area (Å²) in [6.45, 7) is 2.15. The SMILES string of the molecule is Cc1ccc(-c2ccc3c(c2)CCCC3)n1-c1ccc(Cl)cc1. The van der Waals surface area contributed by atoms with E-state index in [9.17, 15) is 0 Å². The summed E-state index contributed by atoms with van der Waals surface area (Å²) in [5.74, 6) is 0. The minimum absolute atomic E-state index is 0.772. The van der Waals surface area contributed by atoms with Gasteiger partial charge in [-0.3, -0.25) is 0 Å². The third kappa shape index (κ3) is 2.70. The third-order valence-corrected chi connectivity index (χ3v) is 5.06. The van der Waals surface area contributed by atoms with Crippen LogP contribution in [-0.2, 0) is 12.8 Å². The van der Waals surface area contributed by atoms with E-state index in [0.717, 1.165) is 10.7 Å². The molecular weight excluding hydrogens is 302 g/mol. The molecule has 0 unspecified atom stereocenters. The first kappa shape index (κ1) is 14.6. The Hall–Kier alpha value is -1.99. The normalized spacial score (nSPS) is 13.8. The van der Waals surface area contributed by atoms with Crippen molar-refractivity contribution in [3.05, 3.63) is 76.4 Å². The number of rotatable bonds is 2. The molecule has 1 aliphatic rings. The molecule has 23 heavy (non-hydrogen) atoms. The molecule has 1 aliphatic carbocycles. The molecule has 0 bridgehead atoms. The lowest BCUT2D eigenvalue weighted by Gasteiger charge is -2.18. The zero-order chi connectivity index (χ0) is 15.8. The van der Waals surface area contributed by atoms with Crippen molar-refractivity contribution in [2.75, 3.05) is 0 Å². The fourth-order valence-electron chi connectivity index (χ4n) is 3.59. The van der Waals surface area contributed by atoms with Crippen LogP contribution in [0.4, 0.5) is 0 Å². The Morgan fingerprint density at radius 1 is 0.826 bits per heavy atom. The Balaban J connectivity index is 1.82. The number of nitrogens with zero attached hydrogens (tertiary/aromatic N) is 1. The van der Waals surface area contributed by atoms with Crippen LogP contribution in [0.2, 0.25) is 5.02 Å². The van der Waals surface area contributed by atoms with E-state index in [1.807, 2.05) is 12.1 Å². The summed E-state index contributed by atoms with van der Waals surface area (Å²) in [6.07, 6.45) is 5.08. The van der Waals surface area contributed by atoms with Crippen molar-refractivity contribution in [3.8, 4) is 16.9 Å². The Morgan fingerprint density at radius 2 is 1.57 bits per heavy atom. The smallest absolute Gasteiger partial charge is 0.0531 e. The molecule has 116 valence electrons. The summed E-state index contributed by atoms with van der Waals surface area (Å²) in [7, 11) is 0. The van der Waals surface area contributed by atoms with Crippen molar-refractivity contribution in [3.63, 3.8) is 0 Å². The molecule has 2 heteroatoms. The quantitative estimate of drug-likeness (QED) is 0.546. The lowest BCUT2D eigenvalue weighted by Crippen LogP contribution is -2.03. The fourth-order valence-corrected chi connectivity index (χ4v) is 3.72. The van der Waals surface area contributed by atoms with Gasteiger partial charge in [-0.1, -0.05) is 23.7 Å². The molecule has 2 aromatic carbocycles. The fraction of sp³-hybridized carbons (Fsp3) is 0.238. The van der Waals surface area contributed by atoms with Gasteiger partial charge in [0.15, 0.2) is 0 Å². The van der Waals surface area contributed by atoms with E-state index >= 15 is 0 Å². The summed E-state index contributed by atoms with van der Waals surface area (Å²) in [4.78, 5) is 0. The molecule has 1 heterocycles. The van der Waals surface area contributed by atoms with Gasteiger partial charge in [-0.05, 0) is 91.8 Å². The number of benzene rings is 2. The molecule has 0 atom stereocenters. The van der Waals surface area contributed by atoms with Gasteiger partial charge in [0.2, 0.25) is 0 Å². The van der Waals surface area contributed by atoms with E-state index in [1.54, 1.807) is 0 Å². The van der Waals surface area contributed by atoms with Crippen LogP contribution in [0.1, 0.15) is 29.7 Å². The topological polar surface area (TPSA) is 4.93 Å². The number of aryl methyl sites for hydroxylation is 3. The monoisotopic (exact) mass is 321 g/mol. The number of hydrogen-bond acceptors (Lipinski definition) is 0. The van der Waals surface area contributed by atoms with Crippen LogP contribution in [0.15, 0.2) is 54.6 Å². The molecule has 0 spiro atoms. The Labute approximate surface area is 142 Å². The molecular formula is C21H20ClN. The summed E-state index contributed by atoms with van der Waals surface area (Å²) in [5, 5.41) is 0.772. The number of hydrogen-bond donors (Lipinski definition) is 0. The van der Waals surface area contributed by atoms with Gasteiger partial charge in [-0.2, -0.15) is 0 Å². The van der Waals surface area contributed by atoms with E-state index in [4.69, 9.17) is 11.6 Å². The lowest BCUT2D eigenvalue weighted by atomic mass is 9.90. The van der Waals surface area contributed by atoms with Gasteiger partial charge in [0.25, 0.3) is 0 Å². The van der Waals surface area contributed by atoms with Gasteiger partial charge >= 0.3 is 0 Å². The minimum Gasteiger partial charge on any atom is -0.314 e. The lowest BCUT2D eigenvalue weighted by molar-refractivity contribution is 0.686. The largest absolute Gasteiger partial charge is 0.314 e. The van der Waals surface area contributed by atoms with Crippen LogP contribution in [0.3, 0.4) is 0 Å². The first-order valence-electron chi connectivity index (χ1n) is 8.29. The molecule has 0 saturated heterocycles. The number of aromatic nitrogens is 1. The molecule has 1 nitrogen and oxygen atoms in total. The minimum atomic E-state index is 0.772. The van der Waals surface area contributed by atoms with Gasteiger partial charge in [0, 0.05) is 16.4 Å². The second-order valence-electron chi connectivity index (χ2n) is 6.36. The van der Waals surface area contributed by atoms with Gasteiger partial charge < -0.3 is 4.57 Å². The average molecular weight is 322 g/mol. The standard InChI is InChI=1S/C21H20ClN/c1-15-6-13-21(23(15)20-11-9-19(22)10-12-20)18-8-7-16-4-2-3-5-17(16)14-18/h6-14H,2-5H2,1H3. The van der Waals surface area contributed by atoms with Crippen molar-refractivity contribution < 1.29 is 0 Å². The maximum Gasteiger partial charge on any atom is 0.0531 e. The molecule has 1 aromatic heterocycles. The van der Waals surface area contributed by atoms with E-state index in [-0.39, 0.29) is 0 Å². The van der Waals surface area contributed by atoms with Crippen molar-refractivity contribution in [2.45, 2.75) is 32.6 Å². The molecule has 3 aromatic rings. The van der Waals surface area contributed by atoms with Gasteiger partial charge in [0.05, 0.1) is 5.69 Å². The van der Waals surface area contributed by atoms with Crippen LogP contribution in [0.5, 0.6) is 0 Å². The van der Waals surface area contributed by atoms with Crippen LogP contribution in [0, 0.1) is 6.92 Å². The van der Waals surface area contributed by atoms with E-state index in [1.165, 1.54) is 53.8 Å². The highest BCUT2D eigenvalue weighted by Gasteiger charge is 2.13. The van der Waals surface area contributed by atoms with Crippen molar-refractivity contribution in [1.82, 2.24) is 4.57 Å². The summed E-state index contributed by atoms with van der Waals surface area (Å²) in [6, 6.07) is 19.4. The van der Waals surface area contributed by atoms with Crippen LogP contribution >= 0.6 is 11.6 Å². The summed E-state index contributed by atoms with van der Waals surface area (Å²) < 4.78 is 2.31.